The molecule has 0 radical (unpaired) electrons. The molecule has 0 saturated carbocycles. The number of hydrogen-bond acceptors (Lipinski definition) is 2. The minimum atomic E-state index is -0.155. The summed E-state index contributed by atoms with van der Waals surface area (Å²) >= 11 is 0. The monoisotopic (exact) mass is 528 g/mol. The maximum Gasteiger partial charge on any atom is 0.338 e. The summed E-state index contributed by atoms with van der Waals surface area (Å²) in [6, 6.07) is 8.09. The third kappa shape index (κ3) is 18.1. The summed E-state index contributed by atoms with van der Waals surface area (Å²) in [6.07, 6.45) is 30.2. The van der Waals surface area contributed by atoms with Crippen LogP contribution in [0.15, 0.2) is 24.3 Å². The summed E-state index contributed by atoms with van der Waals surface area (Å²) in [6.45, 7) is 9.70. The number of benzene rings is 1. The average molecular weight is 529 g/mol. The SMILES string of the molecule is CCCCCCCCCCCCC(C)(CCCCCCCCCC)COC(=O)c1ccc(CCCC)cc1. The molecule has 0 spiro atoms. The van der Waals surface area contributed by atoms with E-state index in [0.717, 1.165) is 6.42 Å². The first-order valence-corrected chi connectivity index (χ1v) is 16.8. The number of carbonyl (C=O) groups excluding carboxylic acids is 1. The van der Waals surface area contributed by atoms with Crippen LogP contribution in [0, 0.1) is 5.41 Å². The first-order valence-electron chi connectivity index (χ1n) is 16.8. The first kappa shape index (κ1) is 34.7. The number of hydrogen-bond donors (Lipinski definition) is 0. The molecule has 1 rings (SSSR count). The van der Waals surface area contributed by atoms with Crippen molar-refractivity contribution in [2.45, 2.75) is 175 Å². The second-order valence-electron chi connectivity index (χ2n) is 12.3. The van der Waals surface area contributed by atoms with Crippen molar-refractivity contribution in [2.75, 3.05) is 6.61 Å². The van der Waals surface area contributed by atoms with Gasteiger partial charge in [0.2, 0.25) is 0 Å². The molecule has 1 unspecified atom stereocenters. The van der Waals surface area contributed by atoms with Crippen LogP contribution in [0.5, 0.6) is 0 Å². The second kappa shape index (κ2) is 23.6. The van der Waals surface area contributed by atoms with E-state index in [4.69, 9.17) is 4.74 Å². The molecule has 0 fully saturated rings. The van der Waals surface area contributed by atoms with Gasteiger partial charge >= 0.3 is 5.97 Å². The highest BCUT2D eigenvalue weighted by Crippen LogP contribution is 2.32. The van der Waals surface area contributed by atoms with Crippen LogP contribution in [0.3, 0.4) is 0 Å². The summed E-state index contributed by atoms with van der Waals surface area (Å²) < 4.78 is 5.94. The molecule has 0 aromatic heterocycles. The van der Waals surface area contributed by atoms with E-state index >= 15 is 0 Å². The molecule has 0 aliphatic heterocycles. The quantitative estimate of drug-likeness (QED) is 0.0882. The van der Waals surface area contributed by atoms with Crippen molar-refractivity contribution in [2.24, 2.45) is 5.41 Å². The molecule has 0 heterocycles. The van der Waals surface area contributed by atoms with Crippen LogP contribution in [0.2, 0.25) is 0 Å². The van der Waals surface area contributed by atoms with Crippen LogP contribution in [0.4, 0.5) is 0 Å². The zero-order chi connectivity index (χ0) is 27.7. The highest BCUT2D eigenvalue weighted by molar-refractivity contribution is 5.89. The normalized spacial score (nSPS) is 12.9. The standard InChI is InChI=1S/C36H64O2/c1-5-8-11-13-15-17-18-20-22-24-31-36(4,30-23-21-19-16-14-12-9-6-2)32-38-35(37)34-28-26-33(27-29-34)25-10-7-3/h26-29H,5-25,30-32H2,1-4H3. The second-order valence-corrected chi connectivity index (χ2v) is 12.3. The smallest absolute Gasteiger partial charge is 0.338 e. The number of aryl methyl sites for hydroxylation is 1. The zero-order valence-corrected chi connectivity index (χ0v) is 26.1. The lowest BCUT2D eigenvalue weighted by Gasteiger charge is -2.29. The van der Waals surface area contributed by atoms with Crippen molar-refractivity contribution in [1.29, 1.82) is 0 Å². The van der Waals surface area contributed by atoms with E-state index in [2.05, 4.69) is 39.8 Å². The van der Waals surface area contributed by atoms with Crippen LogP contribution < -0.4 is 0 Å². The van der Waals surface area contributed by atoms with Gasteiger partial charge in [0.25, 0.3) is 0 Å². The Labute approximate surface area is 238 Å². The number of esters is 1. The molecule has 0 N–H and O–H groups in total. The number of carbonyl (C=O) groups is 1. The summed E-state index contributed by atoms with van der Waals surface area (Å²) in [5, 5.41) is 0. The molecule has 0 aliphatic carbocycles. The molecule has 2 nitrogen and oxygen atoms in total. The van der Waals surface area contributed by atoms with Crippen molar-refractivity contribution in [3.8, 4) is 0 Å². The van der Waals surface area contributed by atoms with Crippen LogP contribution in [-0.2, 0) is 11.2 Å². The maximum atomic E-state index is 12.8. The molecular weight excluding hydrogens is 464 g/mol. The van der Waals surface area contributed by atoms with Gasteiger partial charge < -0.3 is 4.74 Å². The van der Waals surface area contributed by atoms with Crippen molar-refractivity contribution in [3.63, 3.8) is 0 Å². The molecular formula is C36H64O2. The van der Waals surface area contributed by atoms with Crippen LogP contribution in [-0.4, -0.2) is 12.6 Å². The summed E-state index contributed by atoms with van der Waals surface area (Å²) in [5.74, 6) is -0.155. The third-order valence-electron chi connectivity index (χ3n) is 8.33. The minimum absolute atomic E-state index is 0.0963. The predicted molar refractivity (Wildman–Crippen MR) is 167 cm³/mol. The molecule has 0 amide bonds. The van der Waals surface area contributed by atoms with E-state index in [-0.39, 0.29) is 11.4 Å². The Hall–Kier alpha value is -1.31. The van der Waals surface area contributed by atoms with Crippen LogP contribution >= 0.6 is 0 Å². The highest BCUT2D eigenvalue weighted by atomic mass is 16.5. The molecule has 1 atom stereocenters. The number of rotatable bonds is 26. The van der Waals surface area contributed by atoms with Gasteiger partial charge in [-0.25, -0.2) is 4.79 Å². The third-order valence-corrected chi connectivity index (χ3v) is 8.33. The average Bonchev–Trinajstić information content (AvgIpc) is 2.93. The molecule has 0 saturated heterocycles. The van der Waals surface area contributed by atoms with Crippen molar-refractivity contribution >= 4 is 5.97 Å². The van der Waals surface area contributed by atoms with Gasteiger partial charge in [-0.1, -0.05) is 162 Å². The molecule has 0 aliphatic rings. The Balaban J connectivity index is 2.45. The summed E-state index contributed by atoms with van der Waals surface area (Å²) in [7, 11) is 0. The van der Waals surface area contributed by atoms with Gasteiger partial charge in [0, 0.05) is 5.41 Å². The van der Waals surface area contributed by atoms with Gasteiger partial charge in [-0.2, -0.15) is 0 Å². The topological polar surface area (TPSA) is 26.3 Å². The molecule has 38 heavy (non-hydrogen) atoms. The lowest BCUT2D eigenvalue weighted by atomic mass is 9.80. The van der Waals surface area contributed by atoms with Crippen molar-refractivity contribution in [3.05, 3.63) is 35.4 Å². The predicted octanol–water partition coefficient (Wildman–Crippen LogP) is 12.0. The van der Waals surface area contributed by atoms with Gasteiger partial charge in [-0.15, -0.1) is 0 Å². The Bertz CT molecular complexity index is 664. The van der Waals surface area contributed by atoms with Crippen molar-refractivity contribution in [1.82, 2.24) is 0 Å². The van der Waals surface area contributed by atoms with Gasteiger partial charge in [-0.05, 0) is 43.4 Å². The largest absolute Gasteiger partial charge is 0.462 e. The molecule has 2 heteroatoms. The summed E-state index contributed by atoms with van der Waals surface area (Å²) in [5.41, 5.74) is 2.10. The minimum Gasteiger partial charge on any atom is -0.462 e. The first-order chi connectivity index (χ1) is 18.5. The van der Waals surface area contributed by atoms with Gasteiger partial charge in [0.05, 0.1) is 12.2 Å². The zero-order valence-electron chi connectivity index (χ0n) is 26.1. The molecule has 1 aromatic rings. The number of ether oxygens (including phenoxy) is 1. The van der Waals surface area contributed by atoms with E-state index in [1.165, 1.54) is 147 Å². The molecule has 0 bridgehead atoms. The van der Waals surface area contributed by atoms with Crippen molar-refractivity contribution < 1.29 is 9.53 Å². The number of unbranched alkanes of at least 4 members (excludes halogenated alkanes) is 17. The van der Waals surface area contributed by atoms with Gasteiger partial charge in [0.15, 0.2) is 0 Å². The molecule has 220 valence electrons. The Kier molecular flexibility index (Phi) is 21.5. The summed E-state index contributed by atoms with van der Waals surface area (Å²) in [4.78, 5) is 12.8. The molecule has 1 aromatic carbocycles. The van der Waals surface area contributed by atoms with Crippen LogP contribution in [0.25, 0.3) is 0 Å². The fourth-order valence-corrected chi connectivity index (χ4v) is 5.51. The highest BCUT2D eigenvalue weighted by Gasteiger charge is 2.26. The van der Waals surface area contributed by atoms with E-state index in [0.29, 0.717) is 12.2 Å². The Morgan fingerprint density at radius 1 is 0.579 bits per heavy atom. The fourth-order valence-electron chi connectivity index (χ4n) is 5.51. The maximum absolute atomic E-state index is 12.8. The fraction of sp³-hybridized carbons (Fsp3) is 0.806. The van der Waals surface area contributed by atoms with E-state index < -0.39 is 0 Å². The lowest BCUT2D eigenvalue weighted by Crippen LogP contribution is -2.25. The van der Waals surface area contributed by atoms with Gasteiger partial charge in [-0.3, -0.25) is 0 Å². The van der Waals surface area contributed by atoms with E-state index in [1.807, 2.05) is 12.1 Å². The van der Waals surface area contributed by atoms with E-state index in [1.54, 1.807) is 0 Å². The van der Waals surface area contributed by atoms with Crippen LogP contribution in [0.1, 0.15) is 185 Å². The Morgan fingerprint density at radius 2 is 0.974 bits per heavy atom. The van der Waals surface area contributed by atoms with Gasteiger partial charge in [0.1, 0.15) is 0 Å². The Morgan fingerprint density at radius 3 is 1.39 bits per heavy atom. The van der Waals surface area contributed by atoms with E-state index in [9.17, 15) is 4.79 Å². The lowest BCUT2D eigenvalue weighted by molar-refractivity contribution is 0.0264.